The van der Waals surface area contributed by atoms with Crippen molar-refractivity contribution >= 4 is 27.5 Å². The highest BCUT2D eigenvalue weighted by Crippen LogP contribution is 2.33. The molecule has 0 fully saturated rings. The predicted molar refractivity (Wildman–Crippen MR) is 81.5 cm³/mol. The van der Waals surface area contributed by atoms with Gasteiger partial charge in [0.25, 0.3) is 0 Å². The fourth-order valence-electron chi connectivity index (χ4n) is 2.07. The van der Waals surface area contributed by atoms with Crippen LogP contribution < -0.4 is 0 Å². The monoisotopic (exact) mass is 292 g/mol. The predicted octanol–water partition coefficient (Wildman–Crippen LogP) is 3.78. The summed E-state index contributed by atoms with van der Waals surface area (Å²) in [6.45, 7) is 12.3. The third kappa shape index (κ3) is 2.54. The van der Waals surface area contributed by atoms with E-state index in [-0.39, 0.29) is 11.4 Å². The Hall–Kier alpha value is -1.49. The largest absolute Gasteiger partial charge is 0.462 e. The smallest absolute Gasteiger partial charge is 0.348 e. The van der Waals surface area contributed by atoms with Crippen molar-refractivity contribution < 1.29 is 9.53 Å². The van der Waals surface area contributed by atoms with Gasteiger partial charge < -0.3 is 4.74 Å². The van der Waals surface area contributed by atoms with Crippen LogP contribution in [0.3, 0.4) is 0 Å². The normalized spacial score (nSPS) is 11.9. The minimum atomic E-state index is -0.273. The first-order valence-corrected chi connectivity index (χ1v) is 7.52. The third-order valence-electron chi connectivity index (χ3n) is 3.10. The number of carbonyl (C=O) groups is 1. The van der Waals surface area contributed by atoms with Crippen molar-refractivity contribution in [2.45, 2.75) is 47.0 Å². The summed E-state index contributed by atoms with van der Waals surface area (Å²) < 4.78 is 5.10. The molecule has 0 N–H and O–H groups in total. The van der Waals surface area contributed by atoms with Crippen LogP contribution in [0.2, 0.25) is 0 Å². The second-order valence-corrected chi connectivity index (χ2v) is 6.84. The molecule has 0 atom stereocenters. The number of hydrogen-bond donors (Lipinski definition) is 0. The van der Waals surface area contributed by atoms with Crippen LogP contribution in [0.15, 0.2) is 0 Å². The number of rotatable bonds is 2. The second kappa shape index (κ2) is 5.13. The first kappa shape index (κ1) is 14.9. The van der Waals surface area contributed by atoms with Gasteiger partial charge in [0, 0.05) is 10.8 Å². The zero-order valence-corrected chi connectivity index (χ0v) is 13.6. The van der Waals surface area contributed by atoms with Crippen LogP contribution in [0.5, 0.6) is 0 Å². The number of ether oxygens (including phenoxy) is 1. The number of thiophene rings is 1. The Bertz CT molecular complexity index is 669. The summed E-state index contributed by atoms with van der Waals surface area (Å²) in [5.41, 5.74) is 1.73. The van der Waals surface area contributed by atoms with Crippen LogP contribution in [0.4, 0.5) is 0 Å². The van der Waals surface area contributed by atoms with Gasteiger partial charge in [-0.15, -0.1) is 11.3 Å². The summed E-state index contributed by atoms with van der Waals surface area (Å²) in [5, 5.41) is 0.978. The molecule has 0 saturated carbocycles. The van der Waals surface area contributed by atoms with E-state index in [2.05, 4.69) is 30.7 Å². The van der Waals surface area contributed by atoms with Crippen LogP contribution in [0, 0.1) is 13.8 Å². The third-order valence-corrected chi connectivity index (χ3v) is 4.27. The minimum absolute atomic E-state index is 0.110. The highest BCUT2D eigenvalue weighted by atomic mass is 32.1. The molecule has 108 valence electrons. The maximum absolute atomic E-state index is 12.0. The van der Waals surface area contributed by atoms with Crippen molar-refractivity contribution in [3.8, 4) is 0 Å². The van der Waals surface area contributed by atoms with E-state index in [1.807, 2.05) is 20.8 Å². The molecule has 2 aromatic rings. The van der Waals surface area contributed by atoms with Crippen LogP contribution in [0.25, 0.3) is 10.2 Å². The van der Waals surface area contributed by atoms with Crippen molar-refractivity contribution in [1.29, 1.82) is 0 Å². The first-order chi connectivity index (χ1) is 9.25. The molecule has 0 spiro atoms. The van der Waals surface area contributed by atoms with Gasteiger partial charge in [0.15, 0.2) is 0 Å². The zero-order valence-electron chi connectivity index (χ0n) is 12.8. The van der Waals surface area contributed by atoms with Crippen molar-refractivity contribution in [2.24, 2.45) is 0 Å². The molecule has 0 aromatic carbocycles. The van der Waals surface area contributed by atoms with Crippen LogP contribution in [-0.4, -0.2) is 22.5 Å². The first-order valence-electron chi connectivity index (χ1n) is 6.71. The Morgan fingerprint density at radius 3 is 2.45 bits per heavy atom. The summed E-state index contributed by atoms with van der Waals surface area (Å²) in [6, 6.07) is 0. The van der Waals surface area contributed by atoms with E-state index in [4.69, 9.17) is 4.74 Å². The Balaban J connectivity index is 2.65. The van der Waals surface area contributed by atoms with Gasteiger partial charge in [-0.05, 0) is 26.3 Å². The lowest BCUT2D eigenvalue weighted by atomic mass is 9.95. The van der Waals surface area contributed by atoms with Gasteiger partial charge in [-0.2, -0.15) is 0 Å². The van der Waals surface area contributed by atoms with E-state index in [0.717, 1.165) is 27.3 Å². The highest BCUT2D eigenvalue weighted by Gasteiger charge is 2.23. The van der Waals surface area contributed by atoms with E-state index >= 15 is 0 Å². The van der Waals surface area contributed by atoms with Gasteiger partial charge in [0.05, 0.1) is 12.3 Å². The molecular weight excluding hydrogens is 272 g/mol. The fraction of sp³-hybridized carbons (Fsp3) is 0.533. The van der Waals surface area contributed by atoms with Crippen molar-refractivity contribution in [3.05, 3.63) is 22.0 Å². The molecular formula is C15H20N2O2S. The molecule has 0 saturated heterocycles. The lowest BCUT2D eigenvalue weighted by Gasteiger charge is -2.16. The number of hydrogen-bond acceptors (Lipinski definition) is 5. The average Bonchev–Trinajstić information content (AvgIpc) is 2.66. The topological polar surface area (TPSA) is 52.1 Å². The van der Waals surface area contributed by atoms with E-state index in [1.165, 1.54) is 11.3 Å². The Kier molecular flexibility index (Phi) is 3.82. The lowest BCUT2D eigenvalue weighted by Crippen LogP contribution is -2.16. The number of esters is 1. The number of fused-ring (bicyclic) bond motifs is 1. The Morgan fingerprint density at radius 2 is 1.90 bits per heavy atom. The van der Waals surface area contributed by atoms with Gasteiger partial charge in [0.1, 0.15) is 15.5 Å². The Labute approximate surface area is 123 Å². The average molecular weight is 292 g/mol. The number of aromatic nitrogens is 2. The summed E-state index contributed by atoms with van der Waals surface area (Å²) in [4.78, 5) is 22.7. The van der Waals surface area contributed by atoms with E-state index in [9.17, 15) is 4.79 Å². The molecule has 0 bridgehead atoms. The molecule has 2 heterocycles. The fourth-order valence-corrected chi connectivity index (χ4v) is 3.19. The second-order valence-electron chi connectivity index (χ2n) is 5.84. The van der Waals surface area contributed by atoms with Gasteiger partial charge in [0.2, 0.25) is 0 Å². The summed E-state index contributed by atoms with van der Waals surface area (Å²) >= 11 is 1.39. The maximum Gasteiger partial charge on any atom is 0.348 e. The highest BCUT2D eigenvalue weighted by molar-refractivity contribution is 7.20. The molecule has 2 aromatic heterocycles. The van der Waals surface area contributed by atoms with Crippen LogP contribution in [0.1, 0.15) is 54.4 Å². The summed E-state index contributed by atoms with van der Waals surface area (Å²) in [6.07, 6.45) is 0. The summed E-state index contributed by atoms with van der Waals surface area (Å²) in [5.74, 6) is 0.531. The SMILES string of the molecule is CCOC(=O)c1sc2nc(C(C)(C)C)nc(C)c2c1C. The molecule has 0 aliphatic heterocycles. The lowest BCUT2D eigenvalue weighted by molar-refractivity contribution is 0.0531. The number of carbonyl (C=O) groups excluding carboxylic acids is 1. The standard InChI is InChI=1S/C15H20N2O2S/c1-7-19-13(18)11-8(2)10-9(3)16-14(15(4,5)6)17-12(10)20-11/h7H2,1-6H3. The Morgan fingerprint density at radius 1 is 1.25 bits per heavy atom. The van der Waals surface area contributed by atoms with Crippen LogP contribution in [-0.2, 0) is 10.2 Å². The van der Waals surface area contributed by atoms with Crippen LogP contribution >= 0.6 is 11.3 Å². The molecule has 0 aliphatic rings. The van der Waals surface area contributed by atoms with Crippen molar-refractivity contribution in [2.75, 3.05) is 6.61 Å². The molecule has 4 nitrogen and oxygen atoms in total. The molecule has 0 radical (unpaired) electrons. The van der Waals surface area contributed by atoms with E-state index < -0.39 is 0 Å². The number of nitrogens with zero attached hydrogens (tertiary/aromatic N) is 2. The van der Waals surface area contributed by atoms with E-state index in [0.29, 0.717) is 11.5 Å². The van der Waals surface area contributed by atoms with Crippen molar-refractivity contribution in [1.82, 2.24) is 9.97 Å². The molecule has 2 rings (SSSR count). The molecule has 0 aliphatic carbocycles. The van der Waals surface area contributed by atoms with Crippen molar-refractivity contribution in [3.63, 3.8) is 0 Å². The molecule has 0 amide bonds. The van der Waals surface area contributed by atoms with Gasteiger partial charge >= 0.3 is 5.97 Å². The molecule has 5 heteroatoms. The van der Waals surface area contributed by atoms with Gasteiger partial charge in [-0.1, -0.05) is 20.8 Å². The minimum Gasteiger partial charge on any atom is -0.462 e. The van der Waals surface area contributed by atoms with E-state index in [1.54, 1.807) is 0 Å². The quantitative estimate of drug-likeness (QED) is 0.790. The number of aryl methyl sites for hydroxylation is 2. The van der Waals surface area contributed by atoms with Gasteiger partial charge in [-0.3, -0.25) is 0 Å². The summed E-state index contributed by atoms with van der Waals surface area (Å²) in [7, 11) is 0. The zero-order chi connectivity index (χ0) is 15.1. The molecule has 0 unspecified atom stereocenters. The van der Waals surface area contributed by atoms with Gasteiger partial charge in [-0.25, -0.2) is 14.8 Å². The maximum atomic E-state index is 12.0. The molecule has 20 heavy (non-hydrogen) atoms.